The molecule has 1 heteroatoms. The smallest absolute Gasteiger partial charge is 0.0200 e. The van der Waals surface area contributed by atoms with E-state index in [0.29, 0.717) is 0 Å². The van der Waals surface area contributed by atoms with Crippen LogP contribution in [0.3, 0.4) is 0 Å². The molecule has 0 aliphatic rings. The molecular formula is C14H27N. The summed E-state index contributed by atoms with van der Waals surface area (Å²) in [5.41, 5.74) is 1.20. The van der Waals surface area contributed by atoms with E-state index in [1.54, 1.807) is 0 Å². The monoisotopic (exact) mass is 209 g/mol. The molecule has 0 aliphatic carbocycles. The van der Waals surface area contributed by atoms with Gasteiger partial charge in [-0.1, -0.05) is 32.9 Å². The van der Waals surface area contributed by atoms with E-state index in [0.717, 1.165) is 25.4 Å². The molecular weight excluding hydrogens is 182 g/mol. The maximum atomic E-state index is 4.05. The molecule has 0 heterocycles. The van der Waals surface area contributed by atoms with Crippen molar-refractivity contribution >= 4 is 0 Å². The van der Waals surface area contributed by atoms with Crippen molar-refractivity contribution in [2.45, 2.75) is 46.5 Å². The molecule has 0 aromatic rings. The Morgan fingerprint density at radius 1 is 1.47 bits per heavy atom. The van der Waals surface area contributed by atoms with Gasteiger partial charge in [0.05, 0.1) is 0 Å². The molecule has 88 valence electrons. The Hall–Kier alpha value is -0.720. The Balaban J connectivity index is 3.92. The summed E-state index contributed by atoms with van der Waals surface area (Å²) in [5, 5.41) is 0. The van der Waals surface area contributed by atoms with Crippen LogP contribution in [0.4, 0.5) is 0 Å². The summed E-state index contributed by atoms with van der Waals surface area (Å²) in [7, 11) is 0. The van der Waals surface area contributed by atoms with Crippen molar-refractivity contribution in [1.29, 1.82) is 0 Å². The highest BCUT2D eigenvalue weighted by Crippen LogP contribution is 2.12. The molecule has 0 aliphatic heterocycles. The number of nitrogens with zero attached hydrogens (tertiary/aromatic N) is 1. The number of rotatable bonds is 9. The topological polar surface area (TPSA) is 3.24 Å². The molecule has 0 spiro atoms. The van der Waals surface area contributed by atoms with Crippen LogP contribution in [-0.2, 0) is 0 Å². The lowest BCUT2D eigenvalue weighted by Gasteiger charge is -2.27. The maximum Gasteiger partial charge on any atom is 0.0200 e. The van der Waals surface area contributed by atoms with E-state index in [4.69, 9.17) is 0 Å². The minimum Gasteiger partial charge on any atom is -0.375 e. The fourth-order valence-corrected chi connectivity index (χ4v) is 1.82. The van der Waals surface area contributed by atoms with Crippen molar-refractivity contribution in [1.82, 2.24) is 4.90 Å². The van der Waals surface area contributed by atoms with Gasteiger partial charge in [0.15, 0.2) is 0 Å². The molecule has 0 amide bonds. The zero-order valence-electron chi connectivity index (χ0n) is 10.8. The molecule has 0 radical (unpaired) electrons. The Labute approximate surface area is 95.9 Å². The lowest BCUT2D eigenvalue weighted by Crippen LogP contribution is -2.27. The first-order valence-corrected chi connectivity index (χ1v) is 6.13. The number of unbranched alkanes of at least 4 members (excludes halogenated alkanes) is 1. The van der Waals surface area contributed by atoms with Gasteiger partial charge in [0.25, 0.3) is 0 Å². The molecule has 0 aromatic carbocycles. The second-order valence-corrected chi connectivity index (χ2v) is 4.51. The van der Waals surface area contributed by atoms with Crippen LogP contribution in [0.1, 0.15) is 46.5 Å². The zero-order valence-corrected chi connectivity index (χ0v) is 10.8. The molecule has 0 saturated heterocycles. The summed E-state index contributed by atoms with van der Waals surface area (Å²) in [6.45, 7) is 16.8. The summed E-state index contributed by atoms with van der Waals surface area (Å²) in [5.74, 6) is 0.774. The molecule has 0 aromatic heterocycles. The Morgan fingerprint density at radius 2 is 2.13 bits per heavy atom. The predicted molar refractivity (Wildman–Crippen MR) is 69.9 cm³/mol. The average molecular weight is 209 g/mol. The SMILES string of the molecule is C=CCCCN(CC(C)CCC)C(=C)C. The van der Waals surface area contributed by atoms with Gasteiger partial charge in [-0.3, -0.25) is 0 Å². The molecule has 0 fully saturated rings. The first-order chi connectivity index (χ1) is 7.11. The van der Waals surface area contributed by atoms with Gasteiger partial charge in [0.1, 0.15) is 0 Å². The van der Waals surface area contributed by atoms with Gasteiger partial charge >= 0.3 is 0 Å². The van der Waals surface area contributed by atoms with Crippen LogP contribution < -0.4 is 0 Å². The second kappa shape index (κ2) is 8.58. The van der Waals surface area contributed by atoms with Crippen LogP contribution in [0.25, 0.3) is 0 Å². The van der Waals surface area contributed by atoms with Gasteiger partial charge in [-0.15, -0.1) is 6.58 Å². The van der Waals surface area contributed by atoms with E-state index in [1.807, 2.05) is 6.08 Å². The zero-order chi connectivity index (χ0) is 11.7. The van der Waals surface area contributed by atoms with Crippen molar-refractivity contribution in [3.05, 3.63) is 24.9 Å². The lowest BCUT2D eigenvalue weighted by atomic mass is 10.1. The van der Waals surface area contributed by atoms with Crippen LogP contribution in [-0.4, -0.2) is 18.0 Å². The van der Waals surface area contributed by atoms with E-state index in [1.165, 1.54) is 25.0 Å². The first kappa shape index (κ1) is 14.3. The highest BCUT2D eigenvalue weighted by atomic mass is 15.1. The van der Waals surface area contributed by atoms with E-state index in [2.05, 4.69) is 38.8 Å². The minimum atomic E-state index is 0.774. The first-order valence-electron chi connectivity index (χ1n) is 6.13. The standard InChI is InChI=1S/C14H27N/c1-6-8-9-11-15(13(3)4)12-14(5)10-7-2/h6,14H,1,3,7-12H2,2,4-5H3. The normalized spacial score (nSPS) is 12.2. The third kappa shape index (κ3) is 7.24. The molecule has 1 atom stereocenters. The summed E-state index contributed by atoms with van der Waals surface area (Å²) in [6, 6.07) is 0. The quantitative estimate of drug-likeness (QED) is 0.406. The van der Waals surface area contributed by atoms with Crippen LogP contribution >= 0.6 is 0 Å². The molecule has 1 unspecified atom stereocenters. The van der Waals surface area contributed by atoms with Gasteiger partial charge in [0.2, 0.25) is 0 Å². The molecule has 0 rings (SSSR count). The van der Waals surface area contributed by atoms with Gasteiger partial charge in [0, 0.05) is 18.8 Å². The summed E-state index contributed by atoms with van der Waals surface area (Å²) >= 11 is 0. The second-order valence-electron chi connectivity index (χ2n) is 4.51. The van der Waals surface area contributed by atoms with E-state index >= 15 is 0 Å². The Bertz CT molecular complexity index is 184. The fraction of sp³-hybridized carbons (Fsp3) is 0.714. The Kier molecular flexibility index (Phi) is 8.17. The number of hydrogen-bond acceptors (Lipinski definition) is 1. The van der Waals surface area contributed by atoms with Crippen molar-refractivity contribution in [3.8, 4) is 0 Å². The van der Waals surface area contributed by atoms with Crippen LogP contribution in [0, 0.1) is 5.92 Å². The van der Waals surface area contributed by atoms with Gasteiger partial charge in [-0.05, 0) is 32.1 Å². The highest BCUT2D eigenvalue weighted by molar-refractivity contribution is 4.89. The molecule has 0 N–H and O–H groups in total. The molecule has 0 saturated carbocycles. The van der Waals surface area contributed by atoms with Crippen LogP contribution in [0.15, 0.2) is 24.9 Å². The highest BCUT2D eigenvalue weighted by Gasteiger charge is 2.08. The van der Waals surface area contributed by atoms with Gasteiger partial charge in [-0.25, -0.2) is 0 Å². The average Bonchev–Trinajstić information content (AvgIpc) is 2.16. The lowest BCUT2D eigenvalue weighted by molar-refractivity contribution is 0.284. The third-order valence-electron chi connectivity index (χ3n) is 2.69. The largest absolute Gasteiger partial charge is 0.375 e. The van der Waals surface area contributed by atoms with Crippen molar-refractivity contribution in [2.24, 2.45) is 5.92 Å². The van der Waals surface area contributed by atoms with E-state index < -0.39 is 0 Å². The van der Waals surface area contributed by atoms with E-state index in [-0.39, 0.29) is 0 Å². The summed E-state index contributed by atoms with van der Waals surface area (Å²) in [6.07, 6.45) is 6.87. The minimum absolute atomic E-state index is 0.774. The van der Waals surface area contributed by atoms with Gasteiger partial charge in [-0.2, -0.15) is 0 Å². The van der Waals surface area contributed by atoms with Crippen LogP contribution in [0.5, 0.6) is 0 Å². The summed E-state index contributed by atoms with van der Waals surface area (Å²) < 4.78 is 0. The summed E-state index contributed by atoms with van der Waals surface area (Å²) in [4.78, 5) is 2.41. The van der Waals surface area contributed by atoms with Crippen molar-refractivity contribution in [3.63, 3.8) is 0 Å². The van der Waals surface area contributed by atoms with Crippen molar-refractivity contribution < 1.29 is 0 Å². The number of allylic oxidation sites excluding steroid dienone is 2. The third-order valence-corrected chi connectivity index (χ3v) is 2.69. The van der Waals surface area contributed by atoms with Crippen molar-refractivity contribution in [2.75, 3.05) is 13.1 Å². The molecule has 1 nitrogen and oxygen atoms in total. The fourth-order valence-electron chi connectivity index (χ4n) is 1.82. The van der Waals surface area contributed by atoms with Crippen LogP contribution in [0.2, 0.25) is 0 Å². The maximum absolute atomic E-state index is 4.05. The molecule has 0 bridgehead atoms. The number of hydrogen-bond donors (Lipinski definition) is 0. The Morgan fingerprint density at radius 3 is 2.60 bits per heavy atom. The van der Waals surface area contributed by atoms with Gasteiger partial charge < -0.3 is 4.90 Å². The van der Waals surface area contributed by atoms with E-state index in [9.17, 15) is 0 Å². The molecule has 15 heavy (non-hydrogen) atoms. The predicted octanol–water partition coefficient (Wildman–Crippen LogP) is 4.22.